The molecule has 0 radical (unpaired) electrons. The molecular weight excluding hydrogens is 96.1 g/mol. The molecule has 5 heteroatoms. The van der Waals surface area contributed by atoms with E-state index in [1.807, 2.05) is 0 Å². The maximum atomic E-state index is 7.24. The van der Waals surface area contributed by atoms with Crippen LogP contribution in [0.3, 0.4) is 0 Å². The average Bonchev–Trinajstić information content (AvgIpc) is 1.41. The summed E-state index contributed by atoms with van der Waals surface area (Å²) >= 11 is 0.0741. The molecule has 0 aliphatic heterocycles. The maximum Gasteiger partial charge on any atom is 0.228 e. The zero-order chi connectivity index (χ0) is 4.12. The van der Waals surface area contributed by atoms with Gasteiger partial charge in [0.05, 0.1) is 0 Å². The highest BCUT2D eigenvalue weighted by Gasteiger charge is 1.72. The van der Waals surface area contributed by atoms with Gasteiger partial charge in [0.25, 0.3) is 0 Å². The van der Waals surface area contributed by atoms with E-state index in [2.05, 4.69) is 8.67 Å². The van der Waals surface area contributed by atoms with E-state index in [-0.39, 0.29) is 12.3 Å². The van der Waals surface area contributed by atoms with E-state index in [1.165, 1.54) is 0 Å². The molecule has 0 atom stereocenters. The highest BCUT2D eigenvalue weighted by molar-refractivity contribution is 7.89. The lowest BCUT2D eigenvalue weighted by Gasteiger charge is -1.78. The van der Waals surface area contributed by atoms with Gasteiger partial charge in [-0.15, -0.1) is 8.67 Å². The fourth-order valence-corrected chi connectivity index (χ4v) is 0.0408. The van der Waals surface area contributed by atoms with Gasteiger partial charge in [-0.1, -0.05) is 0 Å². The predicted octanol–water partition coefficient (Wildman–Crippen LogP) is 0.529. The molecule has 0 heterocycles. The minimum Gasteiger partial charge on any atom is -0.237 e. The van der Waals surface area contributed by atoms with Gasteiger partial charge in [0.1, 0.15) is 0 Å². The summed E-state index contributed by atoms with van der Waals surface area (Å²) in [5.74, 6) is 0. The fraction of sp³-hybridized carbons (Fsp3) is 0. The third kappa shape index (κ3) is 4.19. The van der Waals surface area contributed by atoms with Gasteiger partial charge in [0.15, 0.2) is 0 Å². The highest BCUT2D eigenvalue weighted by atomic mass is 32.2. The van der Waals surface area contributed by atoms with Gasteiger partial charge >= 0.3 is 0 Å². The van der Waals surface area contributed by atoms with Crippen molar-refractivity contribution in [3.8, 4) is 0 Å². The number of rotatable bonds is 2. The minimum atomic E-state index is 0.0741. The molecule has 0 saturated heterocycles. The largest absolute Gasteiger partial charge is 0.237 e. The Bertz CT molecular complexity index is 11.1. The summed E-state index contributed by atoms with van der Waals surface area (Å²) in [4.78, 5) is 0. The Hall–Kier alpha value is 0.190. The lowest BCUT2D eigenvalue weighted by molar-refractivity contribution is -0.174. The molecule has 0 rings (SSSR count). The maximum absolute atomic E-state index is 7.24. The van der Waals surface area contributed by atoms with Crippen molar-refractivity contribution in [2.24, 2.45) is 0 Å². The van der Waals surface area contributed by atoms with Gasteiger partial charge in [-0.25, -0.2) is 10.5 Å². The molecule has 2 N–H and O–H groups in total. The second-order valence-corrected chi connectivity index (χ2v) is 0.651. The number of hydrogen-bond acceptors (Lipinski definition) is 5. The quantitative estimate of drug-likeness (QED) is 0.299. The zero-order valence-corrected chi connectivity index (χ0v) is 2.94. The monoisotopic (exact) mass is 98.0 g/mol. The van der Waals surface area contributed by atoms with E-state index in [9.17, 15) is 0 Å². The van der Waals surface area contributed by atoms with Crippen LogP contribution in [0.5, 0.6) is 0 Å². The van der Waals surface area contributed by atoms with Gasteiger partial charge in [-0.05, 0) is 0 Å². The first-order valence-electron chi connectivity index (χ1n) is 0.698. The molecule has 0 spiro atoms. The Morgan fingerprint density at radius 2 is 1.60 bits per heavy atom. The van der Waals surface area contributed by atoms with E-state index in [0.29, 0.717) is 0 Å². The summed E-state index contributed by atoms with van der Waals surface area (Å²) in [7, 11) is 0. The van der Waals surface area contributed by atoms with Crippen LogP contribution in [0, 0.1) is 0 Å². The van der Waals surface area contributed by atoms with E-state index < -0.39 is 0 Å². The van der Waals surface area contributed by atoms with Crippen LogP contribution in [0.1, 0.15) is 0 Å². The third-order valence-corrected chi connectivity index (χ3v) is 0.183. The molecule has 0 aromatic heterocycles. The molecule has 32 valence electrons. The molecule has 0 unspecified atom stereocenters. The third-order valence-electron chi connectivity index (χ3n) is 0.0609. The Kier molecular flexibility index (Phi) is 4.35. The summed E-state index contributed by atoms with van der Waals surface area (Å²) in [6.45, 7) is 0. The van der Waals surface area contributed by atoms with Gasteiger partial charge in [0.2, 0.25) is 12.3 Å². The first-order valence-corrected chi connectivity index (χ1v) is 1.37. The molecule has 0 bridgehead atoms. The normalized spacial score (nSPS) is 8.40. The highest BCUT2D eigenvalue weighted by Crippen LogP contribution is 1.94. The van der Waals surface area contributed by atoms with Crippen molar-refractivity contribution in [3.05, 3.63) is 0 Å². The van der Waals surface area contributed by atoms with Crippen LogP contribution >= 0.6 is 12.3 Å². The smallest absolute Gasteiger partial charge is 0.228 e. The summed E-state index contributed by atoms with van der Waals surface area (Å²) < 4.78 is 6.27. The SMILES string of the molecule is OOSOO. The predicted molar refractivity (Wildman–Crippen MR) is 15.0 cm³/mol. The molecule has 0 saturated carbocycles. The molecule has 5 heavy (non-hydrogen) atoms. The van der Waals surface area contributed by atoms with Crippen LogP contribution in [0.2, 0.25) is 0 Å². The Labute approximate surface area is 32.6 Å². The lowest BCUT2D eigenvalue weighted by atomic mass is 14.9. The molecule has 0 aromatic rings. The molecule has 0 aromatic carbocycles. The van der Waals surface area contributed by atoms with Crippen LogP contribution < -0.4 is 0 Å². The standard InChI is InChI=1S/H2O4S/c1-3-5-4-2/h1-2H. The van der Waals surface area contributed by atoms with Crippen molar-refractivity contribution < 1.29 is 19.2 Å². The summed E-state index contributed by atoms with van der Waals surface area (Å²) in [5.41, 5.74) is 0. The summed E-state index contributed by atoms with van der Waals surface area (Å²) in [5, 5.41) is 14.5. The van der Waals surface area contributed by atoms with Crippen molar-refractivity contribution in [3.63, 3.8) is 0 Å². The molecular formula is H2O4S. The van der Waals surface area contributed by atoms with Gasteiger partial charge in [-0.3, -0.25) is 0 Å². The van der Waals surface area contributed by atoms with Crippen molar-refractivity contribution in [2.45, 2.75) is 0 Å². The van der Waals surface area contributed by atoms with Crippen molar-refractivity contribution >= 4 is 12.3 Å². The van der Waals surface area contributed by atoms with E-state index in [0.717, 1.165) is 0 Å². The number of hydrogen-bond donors (Lipinski definition) is 2. The van der Waals surface area contributed by atoms with Crippen molar-refractivity contribution in [1.29, 1.82) is 0 Å². The van der Waals surface area contributed by atoms with Gasteiger partial charge < -0.3 is 0 Å². The van der Waals surface area contributed by atoms with Crippen molar-refractivity contribution in [1.82, 2.24) is 0 Å². The lowest BCUT2D eigenvalue weighted by Crippen LogP contribution is -1.66. The second kappa shape index (κ2) is 4.19. The first-order chi connectivity index (χ1) is 2.41. The average molecular weight is 98.1 g/mol. The van der Waals surface area contributed by atoms with Gasteiger partial charge in [-0.2, -0.15) is 0 Å². The molecule has 0 amide bonds. The summed E-state index contributed by atoms with van der Waals surface area (Å²) in [6, 6.07) is 0. The van der Waals surface area contributed by atoms with Crippen LogP contribution in [0.15, 0.2) is 0 Å². The van der Waals surface area contributed by atoms with E-state index >= 15 is 0 Å². The Balaban J connectivity index is 2.19. The molecule has 0 fully saturated rings. The van der Waals surface area contributed by atoms with Crippen molar-refractivity contribution in [2.75, 3.05) is 0 Å². The minimum absolute atomic E-state index is 0.0741. The van der Waals surface area contributed by atoms with Gasteiger partial charge in [0, 0.05) is 0 Å². The first kappa shape index (κ1) is 5.19. The second-order valence-electron chi connectivity index (χ2n) is 0.217. The zero-order valence-electron chi connectivity index (χ0n) is 2.12. The molecule has 0 aliphatic carbocycles. The topological polar surface area (TPSA) is 58.9 Å². The van der Waals surface area contributed by atoms with E-state index in [4.69, 9.17) is 10.5 Å². The Morgan fingerprint density at radius 1 is 1.20 bits per heavy atom. The summed E-state index contributed by atoms with van der Waals surface area (Å²) in [6.07, 6.45) is 0. The Morgan fingerprint density at radius 3 is 1.60 bits per heavy atom. The fourth-order valence-electron chi connectivity index (χ4n) is 0.0136. The van der Waals surface area contributed by atoms with Crippen LogP contribution in [0.25, 0.3) is 0 Å². The molecule has 4 nitrogen and oxygen atoms in total. The molecule has 0 aliphatic rings. The van der Waals surface area contributed by atoms with Crippen LogP contribution in [-0.2, 0) is 8.67 Å². The van der Waals surface area contributed by atoms with Crippen LogP contribution in [0.4, 0.5) is 0 Å². The van der Waals surface area contributed by atoms with Crippen LogP contribution in [-0.4, -0.2) is 10.5 Å². The van der Waals surface area contributed by atoms with E-state index in [1.54, 1.807) is 0 Å².